The molecule has 0 aliphatic heterocycles. The van der Waals surface area contributed by atoms with Crippen LogP contribution in [-0.2, 0) is 14.8 Å². The highest BCUT2D eigenvalue weighted by Gasteiger charge is 2.16. The number of aromatic nitrogens is 1. The molecule has 1 heterocycles. The van der Waals surface area contributed by atoms with Crippen LogP contribution < -0.4 is 4.72 Å². The number of hydrogen-bond donors (Lipinski definition) is 1. The summed E-state index contributed by atoms with van der Waals surface area (Å²) < 4.78 is 31.6. The van der Waals surface area contributed by atoms with Crippen LogP contribution in [0.1, 0.15) is 26.2 Å². The Morgan fingerprint density at radius 2 is 2.11 bits per heavy atom. The molecule has 0 saturated carbocycles. The van der Waals surface area contributed by atoms with Crippen LogP contribution in [0, 0.1) is 0 Å². The summed E-state index contributed by atoms with van der Waals surface area (Å²) >= 11 is 5.82. The van der Waals surface area contributed by atoms with Crippen LogP contribution in [0.3, 0.4) is 0 Å². The molecule has 0 unspecified atom stereocenters. The fourth-order valence-electron chi connectivity index (χ4n) is 1.37. The lowest BCUT2D eigenvalue weighted by Gasteiger charge is -2.08. The second-order valence-electron chi connectivity index (χ2n) is 4.02. The zero-order valence-corrected chi connectivity index (χ0v) is 12.5. The minimum atomic E-state index is -3.59. The number of unbranched alkanes of at least 4 members (excludes halogenated alkanes) is 1. The third-order valence-electron chi connectivity index (χ3n) is 2.42. The number of nitrogens with zero attached hydrogens (tertiary/aromatic N) is 1. The first-order valence-electron chi connectivity index (χ1n) is 6.25. The van der Waals surface area contributed by atoms with Gasteiger partial charge in [0.05, 0.1) is 5.02 Å². The Kier molecular flexibility index (Phi) is 7.30. The molecule has 0 atom stereocenters. The second kappa shape index (κ2) is 8.47. The molecule has 0 fully saturated rings. The van der Waals surface area contributed by atoms with Gasteiger partial charge >= 0.3 is 0 Å². The quantitative estimate of drug-likeness (QED) is 0.710. The number of ether oxygens (including phenoxy) is 1. The predicted octanol–water partition coefficient (Wildman–Crippen LogP) is 2.22. The monoisotopic (exact) mass is 306 g/mol. The van der Waals surface area contributed by atoms with Crippen molar-refractivity contribution >= 4 is 21.6 Å². The first-order chi connectivity index (χ1) is 9.08. The molecule has 0 aromatic carbocycles. The number of nitrogens with one attached hydrogen (secondary N) is 1. The van der Waals surface area contributed by atoms with Crippen molar-refractivity contribution in [3.63, 3.8) is 0 Å². The molecule has 1 N–H and O–H groups in total. The topological polar surface area (TPSA) is 68.3 Å². The average molecular weight is 307 g/mol. The standard InChI is InChI=1S/C12H19ClN2O3S/c1-2-3-8-18-9-4-6-15-19(16,17)12-10-14-7-5-11(12)13/h5,7,10,15H,2-4,6,8-9H2,1H3. The van der Waals surface area contributed by atoms with Gasteiger partial charge < -0.3 is 4.74 Å². The Labute approximate surface area is 119 Å². The fourth-order valence-corrected chi connectivity index (χ4v) is 2.87. The van der Waals surface area contributed by atoms with E-state index in [4.69, 9.17) is 16.3 Å². The maximum absolute atomic E-state index is 11.9. The van der Waals surface area contributed by atoms with E-state index in [2.05, 4.69) is 16.6 Å². The van der Waals surface area contributed by atoms with Crippen LogP contribution in [0.2, 0.25) is 5.02 Å². The van der Waals surface area contributed by atoms with Crippen molar-refractivity contribution < 1.29 is 13.2 Å². The van der Waals surface area contributed by atoms with E-state index in [0.717, 1.165) is 19.4 Å². The molecule has 0 aliphatic carbocycles. The van der Waals surface area contributed by atoms with E-state index >= 15 is 0 Å². The van der Waals surface area contributed by atoms with Crippen molar-refractivity contribution in [1.82, 2.24) is 9.71 Å². The minimum absolute atomic E-state index is 0.00330. The van der Waals surface area contributed by atoms with E-state index in [1.165, 1.54) is 18.5 Å². The third kappa shape index (κ3) is 5.86. The molecule has 0 amide bonds. The van der Waals surface area contributed by atoms with E-state index in [0.29, 0.717) is 19.6 Å². The lowest BCUT2D eigenvalue weighted by molar-refractivity contribution is 0.130. The van der Waals surface area contributed by atoms with E-state index in [1.807, 2.05) is 0 Å². The average Bonchev–Trinajstić information content (AvgIpc) is 2.38. The smallest absolute Gasteiger partial charge is 0.243 e. The third-order valence-corrected chi connectivity index (χ3v) is 4.35. The number of halogens is 1. The van der Waals surface area contributed by atoms with Gasteiger partial charge in [-0.2, -0.15) is 0 Å². The summed E-state index contributed by atoms with van der Waals surface area (Å²) in [6.45, 7) is 3.68. The van der Waals surface area contributed by atoms with Crippen molar-refractivity contribution in [3.05, 3.63) is 23.5 Å². The van der Waals surface area contributed by atoms with Gasteiger partial charge in [-0.15, -0.1) is 0 Å². The van der Waals surface area contributed by atoms with Crippen molar-refractivity contribution in [3.8, 4) is 0 Å². The van der Waals surface area contributed by atoms with Crippen molar-refractivity contribution in [2.24, 2.45) is 0 Å². The highest BCUT2D eigenvalue weighted by atomic mass is 35.5. The lowest BCUT2D eigenvalue weighted by atomic mass is 10.4. The summed E-state index contributed by atoms with van der Waals surface area (Å²) in [4.78, 5) is 3.76. The van der Waals surface area contributed by atoms with E-state index in [9.17, 15) is 8.42 Å². The predicted molar refractivity (Wildman–Crippen MR) is 74.8 cm³/mol. The Morgan fingerprint density at radius 3 is 2.79 bits per heavy atom. The zero-order valence-electron chi connectivity index (χ0n) is 10.9. The molecular formula is C12H19ClN2O3S. The van der Waals surface area contributed by atoms with Gasteiger partial charge in [-0.3, -0.25) is 4.98 Å². The van der Waals surface area contributed by atoms with Crippen LogP contribution in [0.15, 0.2) is 23.4 Å². The van der Waals surface area contributed by atoms with Gasteiger partial charge in [-0.05, 0) is 18.9 Å². The maximum Gasteiger partial charge on any atom is 0.243 e. The molecule has 1 aromatic rings. The van der Waals surface area contributed by atoms with Crippen LogP contribution in [0.5, 0.6) is 0 Å². The van der Waals surface area contributed by atoms with E-state index in [1.54, 1.807) is 0 Å². The molecule has 19 heavy (non-hydrogen) atoms. The van der Waals surface area contributed by atoms with Gasteiger partial charge in [0, 0.05) is 32.2 Å². The molecule has 0 saturated heterocycles. The molecule has 0 bridgehead atoms. The summed E-state index contributed by atoms with van der Waals surface area (Å²) in [5.74, 6) is 0. The van der Waals surface area contributed by atoms with Gasteiger partial charge in [0.1, 0.15) is 4.90 Å². The van der Waals surface area contributed by atoms with Gasteiger partial charge in [0.2, 0.25) is 10.0 Å². The Balaban J connectivity index is 2.34. The number of hydrogen-bond acceptors (Lipinski definition) is 4. The van der Waals surface area contributed by atoms with Crippen LogP contribution in [0.4, 0.5) is 0 Å². The highest BCUT2D eigenvalue weighted by Crippen LogP contribution is 2.18. The van der Waals surface area contributed by atoms with Crippen molar-refractivity contribution in [2.75, 3.05) is 19.8 Å². The maximum atomic E-state index is 11.9. The van der Waals surface area contributed by atoms with Gasteiger partial charge in [0.25, 0.3) is 0 Å². The molecule has 1 aromatic heterocycles. The summed E-state index contributed by atoms with van der Waals surface area (Å²) in [5.41, 5.74) is 0. The molecule has 0 radical (unpaired) electrons. The Bertz CT molecular complexity index is 480. The summed E-state index contributed by atoms with van der Waals surface area (Å²) in [6, 6.07) is 1.45. The first kappa shape index (κ1) is 16.4. The Hall–Kier alpha value is -0.690. The fraction of sp³-hybridized carbons (Fsp3) is 0.583. The first-order valence-corrected chi connectivity index (χ1v) is 8.11. The second-order valence-corrected chi connectivity index (χ2v) is 6.17. The van der Waals surface area contributed by atoms with E-state index in [-0.39, 0.29) is 9.92 Å². The van der Waals surface area contributed by atoms with Crippen LogP contribution in [0.25, 0.3) is 0 Å². The summed E-state index contributed by atoms with van der Waals surface area (Å²) in [5, 5.41) is 0.168. The normalized spacial score (nSPS) is 11.7. The number of rotatable bonds is 9. The van der Waals surface area contributed by atoms with E-state index < -0.39 is 10.0 Å². The van der Waals surface area contributed by atoms with Crippen molar-refractivity contribution in [1.29, 1.82) is 0 Å². The molecule has 7 heteroatoms. The number of sulfonamides is 1. The summed E-state index contributed by atoms with van der Waals surface area (Å²) in [6.07, 6.45) is 5.43. The molecular weight excluding hydrogens is 288 g/mol. The molecule has 1 rings (SSSR count). The SMILES string of the molecule is CCCCOCCCNS(=O)(=O)c1cnccc1Cl. The molecule has 0 aliphatic rings. The molecule has 108 valence electrons. The molecule has 5 nitrogen and oxygen atoms in total. The summed E-state index contributed by atoms with van der Waals surface area (Å²) in [7, 11) is -3.59. The highest BCUT2D eigenvalue weighted by molar-refractivity contribution is 7.89. The van der Waals surface area contributed by atoms with Gasteiger partial charge in [0.15, 0.2) is 0 Å². The van der Waals surface area contributed by atoms with Crippen LogP contribution >= 0.6 is 11.6 Å². The van der Waals surface area contributed by atoms with Gasteiger partial charge in [-0.1, -0.05) is 24.9 Å². The zero-order chi connectivity index (χ0) is 14.1. The Morgan fingerprint density at radius 1 is 1.37 bits per heavy atom. The largest absolute Gasteiger partial charge is 0.381 e. The van der Waals surface area contributed by atoms with Crippen LogP contribution in [-0.4, -0.2) is 33.2 Å². The minimum Gasteiger partial charge on any atom is -0.381 e. The lowest BCUT2D eigenvalue weighted by Crippen LogP contribution is -2.26. The van der Waals surface area contributed by atoms with Gasteiger partial charge in [-0.25, -0.2) is 13.1 Å². The van der Waals surface area contributed by atoms with Crippen molar-refractivity contribution in [2.45, 2.75) is 31.1 Å². The molecule has 0 spiro atoms. The number of pyridine rings is 1.